The lowest BCUT2D eigenvalue weighted by atomic mass is 10.0. The molecule has 0 bridgehead atoms. The third-order valence-corrected chi connectivity index (χ3v) is 3.81. The van der Waals surface area contributed by atoms with Crippen molar-refractivity contribution in [2.45, 2.75) is 32.1 Å². The summed E-state index contributed by atoms with van der Waals surface area (Å²) in [5, 5.41) is 9.44. The Labute approximate surface area is 115 Å². The highest BCUT2D eigenvalue weighted by Crippen LogP contribution is 2.34. The monoisotopic (exact) mass is 289 g/mol. The number of alkyl halides is 3. The van der Waals surface area contributed by atoms with Gasteiger partial charge < -0.3 is 15.7 Å². The Morgan fingerprint density at radius 1 is 1.45 bits per heavy atom. The van der Waals surface area contributed by atoms with Crippen LogP contribution in [0.2, 0.25) is 0 Å². The highest BCUT2D eigenvalue weighted by molar-refractivity contribution is 5.50. The molecule has 2 rings (SSSR count). The minimum absolute atomic E-state index is 0.108. The van der Waals surface area contributed by atoms with Crippen LogP contribution in [0.3, 0.4) is 0 Å². The van der Waals surface area contributed by atoms with Crippen LogP contribution < -0.4 is 10.6 Å². The van der Waals surface area contributed by atoms with E-state index in [1.165, 1.54) is 6.07 Å². The molecule has 1 aromatic heterocycles. The van der Waals surface area contributed by atoms with E-state index >= 15 is 0 Å². The largest absolute Gasteiger partial charge is 0.433 e. The van der Waals surface area contributed by atoms with E-state index in [0.717, 1.165) is 12.5 Å². The van der Waals surface area contributed by atoms with E-state index in [9.17, 15) is 18.3 Å². The molecule has 0 aliphatic carbocycles. The Morgan fingerprint density at radius 2 is 2.15 bits per heavy atom. The lowest BCUT2D eigenvalue weighted by Crippen LogP contribution is -2.37. The SMILES string of the molecule is CC1CCN(c2nc(C(F)(F)F)ccc2CN)C1CO. The third kappa shape index (κ3) is 2.73. The molecular formula is C13H18F3N3O. The van der Waals surface area contributed by atoms with Crippen molar-refractivity contribution in [3.05, 3.63) is 23.4 Å². The van der Waals surface area contributed by atoms with Crippen LogP contribution in [-0.4, -0.2) is 29.3 Å². The van der Waals surface area contributed by atoms with Gasteiger partial charge in [-0.25, -0.2) is 4.98 Å². The zero-order valence-electron chi connectivity index (χ0n) is 11.2. The van der Waals surface area contributed by atoms with Gasteiger partial charge in [0, 0.05) is 18.7 Å². The molecule has 4 nitrogen and oxygen atoms in total. The molecule has 0 saturated carbocycles. The second-order valence-corrected chi connectivity index (χ2v) is 5.09. The fourth-order valence-electron chi connectivity index (χ4n) is 2.59. The van der Waals surface area contributed by atoms with Crippen LogP contribution >= 0.6 is 0 Å². The molecule has 2 unspecified atom stereocenters. The topological polar surface area (TPSA) is 62.4 Å². The van der Waals surface area contributed by atoms with Gasteiger partial charge in [-0.05, 0) is 18.4 Å². The minimum Gasteiger partial charge on any atom is -0.394 e. The number of halogens is 3. The average Bonchev–Trinajstić information content (AvgIpc) is 2.77. The van der Waals surface area contributed by atoms with E-state index in [0.29, 0.717) is 12.1 Å². The predicted molar refractivity (Wildman–Crippen MR) is 69.1 cm³/mol. The summed E-state index contributed by atoms with van der Waals surface area (Å²) >= 11 is 0. The maximum Gasteiger partial charge on any atom is 0.433 e. The van der Waals surface area contributed by atoms with Gasteiger partial charge in [-0.1, -0.05) is 13.0 Å². The Balaban J connectivity index is 2.43. The third-order valence-electron chi connectivity index (χ3n) is 3.81. The van der Waals surface area contributed by atoms with Crippen LogP contribution in [0.5, 0.6) is 0 Å². The fraction of sp³-hybridized carbons (Fsp3) is 0.615. The van der Waals surface area contributed by atoms with Crippen molar-refractivity contribution in [1.82, 2.24) is 4.98 Å². The molecule has 2 atom stereocenters. The van der Waals surface area contributed by atoms with E-state index in [1.54, 1.807) is 4.90 Å². The first kappa shape index (κ1) is 15.1. The number of aliphatic hydroxyl groups excluding tert-OH is 1. The Hall–Kier alpha value is -1.34. The number of anilines is 1. The maximum absolute atomic E-state index is 12.8. The highest BCUT2D eigenvalue weighted by atomic mass is 19.4. The summed E-state index contributed by atoms with van der Waals surface area (Å²) in [5.74, 6) is 0.452. The van der Waals surface area contributed by atoms with Gasteiger partial charge in [0.25, 0.3) is 0 Å². The van der Waals surface area contributed by atoms with Crippen molar-refractivity contribution in [3.8, 4) is 0 Å². The zero-order chi connectivity index (χ0) is 14.9. The van der Waals surface area contributed by atoms with Gasteiger partial charge in [0.05, 0.1) is 12.6 Å². The Kier molecular flexibility index (Phi) is 4.19. The standard InChI is InChI=1S/C13H18F3N3O/c1-8-4-5-19(10(8)7-20)12-9(6-17)2-3-11(18-12)13(14,15)16/h2-3,8,10,20H,4-7,17H2,1H3. The van der Waals surface area contributed by atoms with Crippen molar-refractivity contribution >= 4 is 5.82 Å². The molecule has 20 heavy (non-hydrogen) atoms. The van der Waals surface area contributed by atoms with Crippen LogP contribution in [0.15, 0.2) is 12.1 Å². The lowest BCUT2D eigenvalue weighted by Gasteiger charge is -2.28. The lowest BCUT2D eigenvalue weighted by molar-refractivity contribution is -0.141. The molecule has 1 fully saturated rings. The van der Waals surface area contributed by atoms with Gasteiger partial charge in [-0.2, -0.15) is 13.2 Å². The maximum atomic E-state index is 12.8. The summed E-state index contributed by atoms with van der Waals surface area (Å²) in [7, 11) is 0. The smallest absolute Gasteiger partial charge is 0.394 e. The number of aliphatic hydroxyl groups is 1. The van der Waals surface area contributed by atoms with Crippen molar-refractivity contribution in [2.75, 3.05) is 18.1 Å². The molecular weight excluding hydrogens is 271 g/mol. The number of aromatic nitrogens is 1. The van der Waals surface area contributed by atoms with Crippen LogP contribution in [0.1, 0.15) is 24.6 Å². The van der Waals surface area contributed by atoms with Crippen molar-refractivity contribution in [3.63, 3.8) is 0 Å². The van der Waals surface area contributed by atoms with Crippen molar-refractivity contribution in [1.29, 1.82) is 0 Å². The Morgan fingerprint density at radius 3 is 2.70 bits per heavy atom. The summed E-state index contributed by atoms with van der Waals surface area (Å²) in [6.45, 7) is 2.55. The van der Waals surface area contributed by atoms with Gasteiger partial charge in [0.15, 0.2) is 0 Å². The summed E-state index contributed by atoms with van der Waals surface area (Å²) in [4.78, 5) is 5.48. The molecule has 0 aromatic carbocycles. The second kappa shape index (κ2) is 5.57. The number of hydrogen-bond donors (Lipinski definition) is 2. The first-order valence-corrected chi connectivity index (χ1v) is 6.53. The summed E-state index contributed by atoms with van der Waals surface area (Å²) in [6, 6.07) is 2.10. The molecule has 1 saturated heterocycles. The van der Waals surface area contributed by atoms with Crippen LogP contribution in [-0.2, 0) is 12.7 Å². The summed E-state index contributed by atoms with van der Waals surface area (Å²) in [6.07, 6.45) is -3.67. The van der Waals surface area contributed by atoms with E-state index in [1.807, 2.05) is 6.92 Å². The van der Waals surface area contributed by atoms with Gasteiger partial charge in [-0.15, -0.1) is 0 Å². The molecule has 1 aliphatic heterocycles. The molecule has 3 N–H and O–H groups in total. The van der Waals surface area contributed by atoms with E-state index in [4.69, 9.17) is 5.73 Å². The predicted octanol–water partition coefficient (Wildman–Crippen LogP) is 1.77. The van der Waals surface area contributed by atoms with Crippen LogP contribution in [0.4, 0.5) is 19.0 Å². The molecule has 0 amide bonds. The number of rotatable bonds is 3. The number of hydrogen-bond acceptors (Lipinski definition) is 4. The first-order chi connectivity index (χ1) is 9.38. The van der Waals surface area contributed by atoms with Crippen LogP contribution in [0, 0.1) is 5.92 Å². The van der Waals surface area contributed by atoms with Crippen LogP contribution in [0.25, 0.3) is 0 Å². The van der Waals surface area contributed by atoms with Gasteiger partial charge in [-0.3, -0.25) is 0 Å². The second-order valence-electron chi connectivity index (χ2n) is 5.09. The van der Waals surface area contributed by atoms with Crippen molar-refractivity contribution < 1.29 is 18.3 Å². The number of nitrogens with zero attached hydrogens (tertiary/aromatic N) is 2. The highest BCUT2D eigenvalue weighted by Gasteiger charge is 2.36. The molecule has 1 aliphatic rings. The summed E-state index contributed by atoms with van der Waals surface area (Å²) < 4.78 is 38.4. The molecule has 112 valence electrons. The first-order valence-electron chi connectivity index (χ1n) is 6.53. The Bertz CT molecular complexity index is 478. The van der Waals surface area contributed by atoms with E-state index in [-0.39, 0.29) is 30.9 Å². The number of nitrogens with two attached hydrogens (primary N) is 1. The van der Waals surface area contributed by atoms with E-state index < -0.39 is 11.9 Å². The normalized spacial score (nSPS) is 23.4. The van der Waals surface area contributed by atoms with Gasteiger partial charge in [0.2, 0.25) is 0 Å². The quantitative estimate of drug-likeness (QED) is 0.890. The minimum atomic E-state index is -4.48. The molecule has 2 heterocycles. The number of pyridine rings is 1. The zero-order valence-corrected chi connectivity index (χ0v) is 11.2. The molecule has 1 aromatic rings. The van der Waals surface area contributed by atoms with Gasteiger partial charge >= 0.3 is 6.18 Å². The van der Waals surface area contributed by atoms with Gasteiger partial charge in [0.1, 0.15) is 11.5 Å². The van der Waals surface area contributed by atoms with E-state index in [2.05, 4.69) is 4.98 Å². The molecule has 0 radical (unpaired) electrons. The fourth-order valence-corrected chi connectivity index (χ4v) is 2.59. The molecule has 0 spiro atoms. The van der Waals surface area contributed by atoms with Crippen molar-refractivity contribution in [2.24, 2.45) is 11.7 Å². The summed E-state index contributed by atoms with van der Waals surface area (Å²) in [5.41, 5.74) is 5.22. The molecule has 7 heteroatoms. The average molecular weight is 289 g/mol.